The third-order valence-electron chi connectivity index (χ3n) is 3.72. The van der Waals surface area contributed by atoms with E-state index in [1.54, 1.807) is 6.92 Å². The van der Waals surface area contributed by atoms with Crippen LogP contribution in [0.1, 0.15) is 30.0 Å². The zero-order valence-corrected chi connectivity index (χ0v) is 9.67. The molecular weight excluding hydrogens is 216 g/mol. The first-order valence-electron chi connectivity index (χ1n) is 5.85. The Morgan fingerprint density at radius 1 is 1.18 bits per heavy atom. The predicted octanol–water partition coefficient (Wildman–Crippen LogP) is 1.23. The standard InChI is InChI=1S/C13H14N2O2/c1-13(11(16)14-12(17)15-13)10-6-5-8-3-2-4-9(8)7-10/h5-7H,2-4H2,1H3,(H2,14,15,16,17). The third-order valence-corrected chi connectivity index (χ3v) is 3.72. The normalized spacial score (nSPS) is 26.6. The number of carbonyl (C=O) groups is 2. The summed E-state index contributed by atoms with van der Waals surface area (Å²) in [5.74, 6) is -0.277. The van der Waals surface area contributed by atoms with E-state index in [0.29, 0.717) is 0 Å². The summed E-state index contributed by atoms with van der Waals surface area (Å²) in [6, 6.07) is 5.64. The first-order valence-corrected chi connectivity index (χ1v) is 5.85. The van der Waals surface area contributed by atoms with Gasteiger partial charge < -0.3 is 5.32 Å². The molecular formula is C13H14N2O2. The summed E-state index contributed by atoms with van der Waals surface area (Å²) in [4.78, 5) is 23.0. The molecule has 0 aromatic heterocycles. The van der Waals surface area contributed by atoms with Crippen LogP contribution in [0.15, 0.2) is 18.2 Å². The van der Waals surface area contributed by atoms with Crippen LogP contribution in [0.25, 0.3) is 0 Å². The maximum Gasteiger partial charge on any atom is 0.322 e. The second kappa shape index (κ2) is 3.32. The van der Waals surface area contributed by atoms with Crippen molar-refractivity contribution < 1.29 is 9.59 Å². The lowest BCUT2D eigenvalue weighted by Crippen LogP contribution is -2.40. The molecule has 0 bridgehead atoms. The van der Waals surface area contributed by atoms with E-state index in [2.05, 4.69) is 16.7 Å². The minimum atomic E-state index is -0.922. The molecule has 1 aliphatic heterocycles. The van der Waals surface area contributed by atoms with Crippen molar-refractivity contribution in [2.24, 2.45) is 0 Å². The smallest absolute Gasteiger partial charge is 0.320 e. The van der Waals surface area contributed by atoms with Crippen LogP contribution in [0, 0.1) is 0 Å². The van der Waals surface area contributed by atoms with Gasteiger partial charge in [-0.25, -0.2) is 4.79 Å². The number of hydrogen-bond donors (Lipinski definition) is 2. The second-order valence-corrected chi connectivity index (χ2v) is 4.87. The third kappa shape index (κ3) is 1.44. The van der Waals surface area contributed by atoms with Gasteiger partial charge >= 0.3 is 6.03 Å². The molecule has 88 valence electrons. The lowest BCUT2D eigenvalue weighted by molar-refractivity contribution is -0.123. The molecule has 1 saturated heterocycles. The van der Waals surface area contributed by atoms with Crippen LogP contribution in [0.2, 0.25) is 0 Å². The molecule has 1 heterocycles. The Bertz CT molecular complexity index is 524. The fourth-order valence-electron chi connectivity index (χ4n) is 2.63. The van der Waals surface area contributed by atoms with Gasteiger partial charge in [0.2, 0.25) is 0 Å². The Kier molecular flexibility index (Phi) is 2.02. The number of benzene rings is 1. The van der Waals surface area contributed by atoms with Gasteiger partial charge in [-0.05, 0) is 42.9 Å². The number of carbonyl (C=O) groups excluding carboxylic acids is 2. The van der Waals surface area contributed by atoms with E-state index in [4.69, 9.17) is 0 Å². The number of rotatable bonds is 1. The molecule has 1 fully saturated rings. The quantitative estimate of drug-likeness (QED) is 0.713. The van der Waals surface area contributed by atoms with Crippen molar-refractivity contribution in [2.75, 3.05) is 0 Å². The number of aryl methyl sites for hydroxylation is 2. The minimum Gasteiger partial charge on any atom is -0.320 e. The number of imide groups is 1. The van der Waals surface area contributed by atoms with E-state index in [0.717, 1.165) is 18.4 Å². The molecule has 1 aromatic carbocycles. The van der Waals surface area contributed by atoms with Crippen molar-refractivity contribution in [1.82, 2.24) is 10.6 Å². The minimum absolute atomic E-state index is 0.277. The summed E-state index contributed by atoms with van der Waals surface area (Å²) >= 11 is 0. The van der Waals surface area contributed by atoms with Crippen molar-refractivity contribution >= 4 is 11.9 Å². The predicted molar refractivity (Wildman–Crippen MR) is 62.5 cm³/mol. The average molecular weight is 230 g/mol. The highest BCUT2D eigenvalue weighted by atomic mass is 16.2. The molecule has 1 aromatic rings. The van der Waals surface area contributed by atoms with Gasteiger partial charge in [-0.3, -0.25) is 10.1 Å². The van der Waals surface area contributed by atoms with E-state index in [-0.39, 0.29) is 5.91 Å². The number of urea groups is 1. The van der Waals surface area contributed by atoms with Crippen LogP contribution in [0.5, 0.6) is 0 Å². The van der Waals surface area contributed by atoms with Crippen molar-refractivity contribution in [2.45, 2.75) is 31.7 Å². The number of fused-ring (bicyclic) bond motifs is 1. The van der Waals surface area contributed by atoms with Crippen molar-refractivity contribution in [3.05, 3.63) is 34.9 Å². The Hall–Kier alpha value is -1.84. The molecule has 4 heteroatoms. The Morgan fingerprint density at radius 2 is 1.94 bits per heavy atom. The molecule has 0 spiro atoms. The van der Waals surface area contributed by atoms with Crippen LogP contribution >= 0.6 is 0 Å². The highest BCUT2D eigenvalue weighted by molar-refractivity contribution is 6.07. The molecule has 4 nitrogen and oxygen atoms in total. The van der Waals surface area contributed by atoms with Crippen molar-refractivity contribution in [3.63, 3.8) is 0 Å². The molecule has 2 N–H and O–H groups in total. The highest BCUT2D eigenvalue weighted by Crippen LogP contribution is 2.29. The van der Waals surface area contributed by atoms with Crippen LogP contribution in [0.4, 0.5) is 4.79 Å². The molecule has 0 saturated carbocycles. The summed E-state index contributed by atoms with van der Waals surface area (Å²) in [6.45, 7) is 1.74. The van der Waals surface area contributed by atoms with Gasteiger partial charge in [0, 0.05) is 0 Å². The zero-order chi connectivity index (χ0) is 12.0. The zero-order valence-electron chi connectivity index (χ0n) is 9.67. The second-order valence-electron chi connectivity index (χ2n) is 4.87. The fraction of sp³-hybridized carbons (Fsp3) is 0.385. The molecule has 1 atom stereocenters. The molecule has 1 aliphatic carbocycles. The number of nitrogens with one attached hydrogen (secondary N) is 2. The topological polar surface area (TPSA) is 58.2 Å². The fourth-order valence-corrected chi connectivity index (χ4v) is 2.63. The molecule has 3 amide bonds. The first kappa shape index (κ1) is 10.3. The maximum absolute atomic E-state index is 11.8. The van der Waals surface area contributed by atoms with Gasteiger partial charge in [0.1, 0.15) is 5.54 Å². The van der Waals surface area contributed by atoms with Crippen LogP contribution in [0.3, 0.4) is 0 Å². The summed E-state index contributed by atoms with van der Waals surface area (Å²) in [7, 11) is 0. The Morgan fingerprint density at radius 3 is 2.65 bits per heavy atom. The van der Waals surface area contributed by atoms with Crippen LogP contribution in [-0.4, -0.2) is 11.9 Å². The molecule has 17 heavy (non-hydrogen) atoms. The van der Waals surface area contributed by atoms with Crippen LogP contribution in [-0.2, 0) is 23.2 Å². The lowest BCUT2D eigenvalue weighted by atomic mass is 9.90. The maximum atomic E-state index is 11.8. The summed E-state index contributed by atoms with van der Waals surface area (Å²) in [5, 5.41) is 4.97. The lowest BCUT2D eigenvalue weighted by Gasteiger charge is -2.21. The molecule has 0 radical (unpaired) electrons. The number of hydrogen-bond acceptors (Lipinski definition) is 2. The highest BCUT2D eigenvalue weighted by Gasteiger charge is 2.43. The largest absolute Gasteiger partial charge is 0.322 e. The Labute approximate surface area is 99.4 Å². The van der Waals surface area contributed by atoms with Gasteiger partial charge in [-0.1, -0.05) is 18.2 Å². The van der Waals surface area contributed by atoms with Crippen molar-refractivity contribution in [3.8, 4) is 0 Å². The van der Waals surface area contributed by atoms with Gasteiger partial charge in [0.25, 0.3) is 5.91 Å². The van der Waals surface area contributed by atoms with E-state index in [1.807, 2.05) is 12.1 Å². The number of amides is 3. The van der Waals surface area contributed by atoms with Gasteiger partial charge in [-0.2, -0.15) is 0 Å². The van der Waals surface area contributed by atoms with E-state index in [1.165, 1.54) is 17.5 Å². The summed E-state index contributed by atoms with van der Waals surface area (Å²) < 4.78 is 0. The monoisotopic (exact) mass is 230 g/mol. The van der Waals surface area contributed by atoms with Gasteiger partial charge in [0.15, 0.2) is 0 Å². The summed E-state index contributed by atoms with van der Waals surface area (Å²) in [5.41, 5.74) is 2.61. The Balaban J connectivity index is 2.04. The van der Waals surface area contributed by atoms with Gasteiger partial charge in [0.05, 0.1) is 0 Å². The molecule has 3 rings (SSSR count). The van der Waals surface area contributed by atoms with Crippen molar-refractivity contribution in [1.29, 1.82) is 0 Å². The summed E-state index contributed by atoms with van der Waals surface area (Å²) in [6.07, 6.45) is 3.35. The van der Waals surface area contributed by atoms with E-state index < -0.39 is 11.6 Å². The molecule has 2 aliphatic rings. The SMILES string of the molecule is CC1(c2ccc3c(c2)CCC3)NC(=O)NC1=O. The van der Waals surface area contributed by atoms with Gasteiger partial charge in [-0.15, -0.1) is 0 Å². The first-order chi connectivity index (χ1) is 8.09. The average Bonchev–Trinajstić information content (AvgIpc) is 2.83. The van der Waals surface area contributed by atoms with E-state index >= 15 is 0 Å². The molecule has 1 unspecified atom stereocenters. The van der Waals surface area contributed by atoms with Crippen LogP contribution < -0.4 is 10.6 Å². The van der Waals surface area contributed by atoms with E-state index in [9.17, 15) is 9.59 Å².